The van der Waals surface area contributed by atoms with Crippen LogP contribution in [0.5, 0.6) is 11.5 Å². The Morgan fingerprint density at radius 3 is 2.56 bits per heavy atom. The van der Waals surface area contributed by atoms with Gasteiger partial charge in [-0.2, -0.15) is 0 Å². The molecule has 25 heavy (non-hydrogen) atoms. The van der Waals surface area contributed by atoms with Gasteiger partial charge >= 0.3 is 11.8 Å². The second-order valence-corrected chi connectivity index (χ2v) is 5.58. The fraction of sp³-hybridized carbons (Fsp3) is 0.263. The SMILES string of the molecule is CCc1ccccc1NC(=O)C(=O)NC(C)c1cc(OC)ccc1O. The van der Waals surface area contributed by atoms with Gasteiger partial charge in [0.2, 0.25) is 0 Å². The highest BCUT2D eigenvalue weighted by atomic mass is 16.5. The van der Waals surface area contributed by atoms with Crippen molar-refractivity contribution in [3.05, 3.63) is 53.6 Å². The lowest BCUT2D eigenvalue weighted by atomic mass is 10.1. The van der Waals surface area contributed by atoms with Gasteiger partial charge in [-0.25, -0.2) is 0 Å². The fourth-order valence-corrected chi connectivity index (χ4v) is 2.48. The van der Waals surface area contributed by atoms with Crippen LogP contribution in [0.15, 0.2) is 42.5 Å². The summed E-state index contributed by atoms with van der Waals surface area (Å²) in [5, 5.41) is 15.1. The Morgan fingerprint density at radius 2 is 1.88 bits per heavy atom. The van der Waals surface area contributed by atoms with E-state index in [0.717, 1.165) is 12.0 Å². The van der Waals surface area contributed by atoms with Gasteiger partial charge in [0.05, 0.1) is 13.2 Å². The maximum atomic E-state index is 12.2. The topological polar surface area (TPSA) is 87.7 Å². The summed E-state index contributed by atoms with van der Waals surface area (Å²) < 4.78 is 5.11. The molecule has 0 aromatic heterocycles. The van der Waals surface area contributed by atoms with Crippen molar-refractivity contribution >= 4 is 17.5 Å². The minimum Gasteiger partial charge on any atom is -0.508 e. The molecule has 0 aliphatic rings. The Labute approximate surface area is 146 Å². The summed E-state index contributed by atoms with van der Waals surface area (Å²) >= 11 is 0. The van der Waals surface area contributed by atoms with Gasteiger partial charge in [0.1, 0.15) is 11.5 Å². The molecule has 0 fully saturated rings. The number of ether oxygens (including phenoxy) is 1. The molecule has 6 heteroatoms. The van der Waals surface area contributed by atoms with E-state index in [0.29, 0.717) is 17.0 Å². The van der Waals surface area contributed by atoms with Gasteiger partial charge in [-0.3, -0.25) is 9.59 Å². The Balaban J connectivity index is 2.07. The van der Waals surface area contributed by atoms with Crippen LogP contribution < -0.4 is 15.4 Å². The maximum absolute atomic E-state index is 12.2. The summed E-state index contributed by atoms with van der Waals surface area (Å²) in [7, 11) is 1.51. The van der Waals surface area contributed by atoms with Gasteiger partial charge in [0.15, 0.2) is 0 Å². The summed E-state index contributed by atoms with van der Waals surface area (Å²) in [6, 6.07) is 11.5. The number of methoxy groups -OCH3 is 1. The first-order chi connectivity index (χ1) is 12.0. The number of aromatic hydroxyl groups is 1. The standard InChI is InChI=1S/C19H22N2O4/c1-4-13-7-5-6-8-16(13)21-19(24)18(23)20-12(2)15-11-14(25-3)9-10-17(15)22/h5-12,22H,4H2,1-3H3,(H,20,23)(H,21,24). The van der Waals surface area contributed by atoms with Crippen molar-refractivity contribution in [2.75, 3.05) is 12.4 Å². The number of phenols is 1. The molecule has 0 aliphatic heterocycles. The van der Waals surface area contributed by atoms with Crippen LogP contribution in [0, 0.1) is 0 Å². The van der Waals surface area contributed by atoms with E-state index in [-0.39, 0.29) is 5.75 Å². The number of para-hydroxylation sites is 1. The van der Waals surface area contributed by atoms with E-state index in [4.69, 9.17) is 4.74 Å². The zero-order valence-electron chi connectivity index (χ0n) is 14.5. The number of rotatable bonds is 5. The third kappa shape index (κ3) is 4.50. The fourth-order valence-electron chi connectivity index (χ4n) is 2.48. The molecule has 6 nitrogen and oxygen atoms in total. The van der Waals surface area contributed by atoms with Crippen molar-refractivity contribution in [2.24, 2.45) is 0 Å². The summed E-state index contributed by atoms with van der Waals surface area (Å²) in [5.74, 6) is -0.962. The van der Waals surface area contributed by atoms with E-state index >= 15 is 0 Å². The minimum atomic E-state index is -0.777. The van der Waals surface area contributed by atoms with Crippen LogP contribution in [0.4, 0.5) is 5.69 Å². The number of anilines is 1. The zero-order chi connectivity index (χ0) is 18.4. The van der Waals surface area contributed by atoms with Crippen molar-refractivity contribution in [1.29, 1.82) is 0 Å². The molecule has 0 heterocycles. The predicted octanol–water partition coefficient (Wildman–Crippen LogP) is 2.78. The van der Waals surface area contributed by atoms with Crippen LogP contribution in [-0.2, 0) is 16.0 Å². The number of aryl methyl sites for hydroxylation is 1. The molecule has 0 saturated heterocycles. The van der Waals surface area contributed by atoms with Crippen molar-refractivity contribution < 1.29 is 19.4 Å². The number of amides is 2. The average Bonchev–Trinajstić information content (AvgIpc) is 2.62. The molecule has 3 N–H and O–H groups in total. The third-order valence-corrected chi connectivity index (χ3v) is 3.90. The van der Waals surface area contributed by atoms with E-state index in [2.05, 4.69) is 10.6 Å². The van der Waals surface area contributed by atoms with Crippen LogP contribution in [0.1, 0.15) is 31.0 Å². The van der Waals surface area contributed by atoms with E-state index in [9.17, 15) is 14.7 Å². The first kappa shape index (κ1) is 18.3. The van der Waals surface area contributed by atoms with Crippen LogP contribution in [0.25, 0.3) is 0 Å². The summed E-state index contributed by atoms with van der Waals surface area (Å²) in [5.41, 5.74) is 2.03. The van der Waals surface area contributed by atoms with Crippen molar-refractivity contribution in [3.63, 3.8) is 0 Å². The lowest BCUT2D eigenvalue weighted by molar-refractivity contribution is -0.136. The first-order valence-electron chi connectivity index (χ1n) is 8.02. The largest absolute Gasteiger partial charge is 0.508 e. The molecule has 2 amide bonds. The summed E-state index contributed by atoms with van der Waals surface area (Å²) in [6.07, 6.45) is 0.742. The highest BCUT2D eigenvalue weighted by Gasteiger charge is 2.20. The molecule has 1 atom stereocenters. The quantitative estimate of drug-likeness (QED) is 0.729. The van der Waals surface area contributed by atoms with Crippen LogP contribution in [0.3, 0.4) is 0 Å². The molecule has 0 bridgehead atoms. The summed E-state index contributed by atoms with van der Waals surface area (Å²) in [6.45, 7) is 3.65. The highest BCUT2D eigenvalue weighted by molar-refractivity contribution is 6.39. The average molecular weight is 342 g/mol. The molecule has 2 aromatic carbocycles. The van der Waals surface area contributed by atoms with Crippen molar-refractivity contribution in [2.45, 2.75) is 26.3 Å². The molecular formula is C19H22N2O4. The number of hydrogen-bond acceptors (Lipinski definition) is 4. The molecule has 0 spiro atoms. The number of carbonyl (C=O) groups is 2. The van der Waals surface area contributed by atoms with Gasteiger partial charge in [-0.15, -0.1) is 0 Å². The molecule has 0 saturated carbocycles. The number of carbonyl (C=O) groups excluding carboxylic acids is 2. The van der Waals surface area contributed by atoms with Gasteiger partial charge in [-0.1, -0.05) is 25.1 Å². The van der Waals surface area contributed by atoms with Gasteiger partial charge in [-0.05, 0) is 43.2 Å². The Hall–Kier alpha value is -3.02. The van der Waals surface area contributed by atoms with Gasteiger partial charge < -0.3 is 20.5 Å². The minimum absolute atomic E-state index is 0.0188. The van der Waals surface area contributed by atoms with Gasteiger partial charge in [0.25, 0.3) is 0 Å². The molecule has 0 aliphatic carbocycles. The van der Waals surface area contributed by atoms with Crippen LogP contribution in [0.2, 0.25) is 0 Å². The van der Waals surface area contributed by atoms with Crippen molar-refractivity contribution in [3.8, 4) is 11.5 Å². The monoisotopic (exact) mass is 342 g/mol. The van der Waals surface area contributed by atoms with Gasteiger partial charge in [0, 0.05) is 11.3 Å². The lowest BCUT2D eigenvalue weighted by Gasteiger charge is -2.16. The number of phenolic OH excluding ortho intramolecular Hbond substituents is 1. The van der Waals surface area contributed by atoms with Crippen molar-refractivity contribution in [1.82, 2.24) is 5.32 Å². The number of nitrogens with one attached hydrogen (secondary N) is 2. The zero-order valence-corrected chi connectivity index (χ0v) is 14.5. The normalized spacial score (nSPS) is 11.5. The summed E-state index contributed by atoms with van der Waals surface area (Å²) in [4.78, 5) is 24.3. The number of benzene rings is 2. The maximum Gasteiger partial charge on any atom is 0.313 e. The predicted molar refractivity (Wildman–Crippen MR) is 95.7 cm³/mol. The molecule has 2 rings (SSSR count). The smallest absolute Gasteiger partial charge is 0.313 e. The molecule has 2 aromatic rings. The molecule has 0 radical (unpaired) electrons. The Bertz CT molecular complexity index is 774. The second-order valence-electron chi connectivity index (χ2n) is 5.58. The Morgan fingerprint density at radius 1 is 1.16 bits per heavy atom. The highest BCUT2D eigenvalue weighted by Crippen LogP contribution is 2.28. The van der Waals surface area contributed by atoms with E-state index in [1.54, 1.807) is 31.2 Å². The van der Waals surface area contributed by atoms with E-state index in [1.165, 1.54) is 13.2 Å². The second kappa shape index (κ2) is 8.19. The lowest BCUT2D eigenvalue weighted by Crippen LogP contribution is -2.37. The Kier molecular flexibility index (Phi) is 6.00. The van der Waals surface area contributed by atoms with E-state index < -0.39 is 17.9 Å². The first-order valence-corrected chi connectivity index (χ1v) is 8.02. The van der Waals surface area contributed by atoms with E-state index in [1.807, 2.05) is 19.1 Å². The molecule has 132 valence electrons. The van der Waals surface area contributed by atoms with Crippen LogP contribution >= 0.6 is 0 Å². The van der Waals surface area contributed by atoms with Crippen LogP contribution in [-0.4, -0.2) is 24.0 Å². The molecular weight excluding hydrogens is 320 g/mol. The third-order valence-electron chi connectivity index (χ3n) is 3.90. The molecule has 1 unspecified atom stereocenters. The number of hydrogen-bond donors (Lipinski definition) is 3.